The summed E-state index contributed by atoms with van der Waals surface area (Å²) in [4.78, 5) is 7.77. The fraction of sp³-hybridized carbons (Fsp3) is 0.619. The van der Waals surface area contributed by atoms with E-state index in [1.54, 1.807) is 0 Å². The Morgan fingerprint density at radius 2 is 1.62 bits per heavy atom. The fourth-order valence-electron chi connectivity index (χ4n) is 3.86. The Balaban J connectivity index is 1.39. The Kier molecular flexibility index (Phi) is 6.47. The van der Waals surface area contributed by atoms with Gasteiger partial charge in [-0.1, -0.05) is 43.3 Å². The van der Waals surface area contributed by atoms with Crippen LogP contribution in [0.3, 0.4) is 0 Å². The van der Waals surface area contributed by atoms with E-state index in [1.165, 1.54) is 63.2 Å². The predicted octanol–water partition coefficient (Wildman–Crippen LogP) is 2.97. The smallest absolute Gasteiger partial charge is 0.0166 e. The van der Waals surface area contributed by atoms with Gasteiger partial charge in [0, 0.05) is 38.8 Å². The van der Waals surface area contributed by atoms with Crippen LogP contribution >= 0.6 is 0 Å². The number of likely N-dealkylation sites (N-methyl/N-ethyl adjacent to an activating group) is 1. The van der Waals surface area contributed by atoms with Crippen LogP contribution in [0.25, 0.3) is 6.08 Å². The van der Waals surface area contributed by atoms with Gasteiger partial charge in [-0.2, -0.15) is 0 Å². The van der Waals surface area contributed by atoms with Gasteiger partial charge in [0.2, 0.25) is 0 Å². The summed E-state index contributed by atoms with van der Waals surface area (Å²) in [5, 5.41) is 0. The van der Waals surface area contributed by atoms with E-state index in [-0.39, 0.29) is 0 Å². The lowest BCUT2D eigenvalue weighted by Crippen LogP contribution is -2.52. The van der Waals surface area contributed by atoms with Crippen molar-refractivity contribution in [3.8, 4) is 0 Å². The van der Waals surface area contributed by atoms with Crippen molar-refractivity contribution in [3.05, 3.63) is 41.5 Å². The molecule has 0 aliphatic carbocycles. The van der Waals surface area contributed by atoms with Gasteiger partial charge in [-0.3, -0.25) is 9.80 Å². The average Bonchev–Trinajstić information content (AvgIpc) is 2.64. The van der Waals surface area contributed by atoms with Gasteiger partial charge in [-0.15, -0.1) is 0 Å². The van der Waals surface area contributed by atoms with E-state index >= 15 is 0 Å². The summed E-state index contributed by atoms with van der Waals surface area (Å²) in [7, 11) is 2.24. The van der Waals surface area contributed by atoms with E-state index in [2.05, 4.69) is 65.1 Å². The van der Waals surface area contributed by atoms with Gasteiger partial charge in [0.05, 0.1) is 0 Å². The van der Waals surface area contributed by atoms with E-state index < -0.39 is 0 Å². The molecule has 132 valence electrons. The maximum Gasteiger partial charge on any atom is 0.0166 e. The topological polar surface area (TPSA) is 9.72 Å². The summed E-state index contributed by atoms with van der Waals surface area (Å²) in [5.74, 6) is 0. The van der Waals surface area contributed by atoms with E-state index in [1.807, 2.05) is 0 Å². The molecule has 2 aliphatic rings. The molecule has 24 heavy (non-hydrogen) atoms. The monoisotopic (exact) mass is 327 g/mol. The zero-order chi connectivity index (χ0) is 16.8. The van der Waals surface area contributed by atoms with Crippen LogP contribution in [0.5, 0.6) is 0 Å². The molecule has 1 aromatic rings. The minimum atomic E-state index is 0.820. The number of piperazine rings is 1. The van der Waals surface area contributed by atoms with Crippen LogP contribution in [-0.2, 0) is 6.42 Å². The quantitative estimate of drug-likeness (QED) is 0.823. The molecule has 2 saturated heterocycles. The lowest BCUT2D eigenvalue weighted by molar-refractivity contribution is 0.0709. The van der Waals surface area contributed by atoms with E-state index in [9.17, 15) is 0 Å². The first-order valence-corrected chi connectivity index (χ1v) is 9.65. The second kappa shape index (κ2) is 8.80. The lowest BCUT2D eigenvalue weighted by Gasteiger charge is -2.41. The largest absolute Gasteiger partial charge is 0.304 e. The molecule has 0 aromatic heterocycles. The highest BCUT2D eigenvalue weighted by atomic mass is 15.3. The van der Waals surface area contributed by atoms with Crippen LogP contribution in [0, 0.1) is 0 Å². The second-order valence-electron chi connectivity index (χ2n) is 7.37. The Morgan fingerprint density at radius 1 is 0.958 bits per heavy atom. The molecule has 3 rings (SSSR count). The number of hydrogen-bond acceptors (Lipinski definition) is 3. The first-order chi connectivity index (χ1) is 11.7. The van der Waals surface area contributed by atoms with Crippen molar-refractivity contribution in [3.63, 3.8) is 0 Å². The molecule has 2 aliphatic heterocycles. The summed E-state index contributed by atoms with van der Waals surface area (Å²) in [6.07, 6.45) is 8.39. The van der Waals surface area contributed by atoms with Crippen LogP contribution in [0.4, 0.5) is 0 Å². The van der Waals surface area contributed by atoms with Gasteiger partial charge in [-0.05, 0) is 50.5 Å². The van der Waals surface area contributed by atoms with E-state index in [0.29, 0.717) is 0 Å². The summed E-state index contributed by atoms with van der Waals surface area (Å²) < 4.78 is 0. The number of rotatable bonds is 5. The molecule has 3 heteroatoms. The number of aryl methyl sites for hydroxylation is 1. The first kappa shape index (κ1) is 17.7. The number of benzene rings is 1. The standard InChI is InChI=1S/C21H33N3/c1-3-19-6-8-20(9-7-19)5-4-12-23-13-10-21(11-14-23)24-17-15-22(2)16-18-24/h4-9,21H,3,10-18H2,1-2H3/b5-4+. The number of likely N-dealkylation sites (tertiary alicyclic amines) is 1. The predicted molar refractivity (Wildman–Crippen MR) is 103 cm³/mol. The zero-order valence-electron chi connectivity index (χ0n) is 15.5. The van der Waals surface area contributed by atoms with E-state index in [4.69, 9.17) is 0 Å². The van der Waals surface area contributed by atoms with Crippen molar-refractivity contribution in [2.24, 2.45) is 0 Å². The summed E-state index contributed by atoms with van der Waals surface area (Å²) in [5.41, 5.74) is 2.73. The van der Waals surface area contributed by atoms with Crippen molar-refractivity contribution in [2.45, 2.75) is 32.2 Å². The van der Waals surface area contributed by atoms with Crippen molar-refractivity contribution >= 4 is 6.08 Å². The molecule has 2 fully saturated rings. The Hall–Kier alpha value is -1.16. The second-order valence-corrected chi connectivity index (χ2v) is 7.37. The number of hydrogen-bond donors (Lipinski definition) is 0. The molecule has 0 amide bonds. The molecular formula is C21H33N3. The minimum Gasteiger partial charge on any atom is -0.304 e. The highest BCUT2D eigenvalue weighted by Crippen LogP contribution is 2.18. The van der Waals surface area contributed by atoms with E-state index in [0.717, 1.165) is 19.0 Å². The summed E-state index contributed by atoms with van der Waals surface area (Å²) >= 11 is 0. The van der Waals surface area contributed by atoms with Crippen LogP contribution in [-0.4, -0.2) is 73.6 Å². The molecule has 0 N–H and O–H groups in total. The molecular weight excluding hydrogens is 294 g/mol. The third kappa shape index (κ3) is 4.92. The van der Waals surface area contributed by atoms with Crippen LogP contribution in [0.2, 0.25) is 0 Å². The van der Waals surface area contributed by atoms with Crippen molar-refractivity contribution < 1.29 is 0 Å². The molecule has 0 bridgehead atoms. The molecule has 0 spiro atoms. The molecule has 3 nitrogen and oxygen atoms in total. The zero-order valence-corrected chi connectivity index (χ0v) is 15.5. The summed E-state index contributed by atoms with van der Waals surface area (Å²) in [6, 6.07) is 9.76. The summed E-state index contributed by atoms with van der Waals surface area (Å²) in [6.45, 7) is 10.8. The third-order valence-corrected chi connectivity index (χ3v) is 5.67. The maximum atomic E-state index is 2.72. The molecule has 0 unspecified atom stereocenters. The van der Waals surface area contributed by atoms with Crippen LogP contribution in [0.1, 0.15) is 30.9 Å². The van der Waals surface area contributed by atoms with Crippen molar-refractivity contribution in [2.75, 3.05) is 52.9 Å². The Bertz CT molecular complexity index is 506. The SMILES string of the molecule is CCc1ccc(/C=C/CN2CCC(N3CCN(C)CC3)CC2)cc1. The average molecular weight is 328 g/mol. The van der Waals surface area contributed by atoms with Gasteiger partial charge in [0.15, 0.2) is 0 Å². The molecule has 0 atom stereocenters. The van der Waals surface area contributed by atoms with Crippen LogP contribution < -0.4 is 0 Å². The van der Waals surface area contributed by atoms with Gasteiger partial charge in [0.1, 0.15) is 0 Å². The number of nitrogens with zero attached hydrogens (tertiary/aromatic N) is 3. The van der Waals surface area contributed by atoms with Crippen LogP contribution in [0.15, 0.2) is 30.3 Å². The first-order valence-electron chi connectivity index (χ1n) is 9.65. The minimum absolute atomic E-state index is 0.820. The van der Waals surface area contributed by atoms with Gasteiger partial charge >= 0.3 is 0 Å². The van der Waals surface area contributed by atoms with Crippen molar-refractivity contribution in [1.82, 2.24) is 14.7 Å². The maximum absolute atomic E-state index is 2.72. The highest BCUT2D eigenvalue weighted by Gasteiger charge is 2.25. The molecule has 2 heterocycles. The molecule has 0 radical (unpaired) electrons. The van der Waals surface area contributed by atoms with Crippen molar-refractivity contribution in [1.29, 1.82) is 0 Å². The third-order valence-electron chi connectivity index (χ3n) is 5.67. The Morgan fingerprint density at radius 3 is 2.25 bits per heavy atom. The fourth-order valence-corrected chi connectivity index (χ4v) is 3.86. The van der Waals surface area contributed by atoms with Gasteiger partial charge < -0.3 is 4.90 Å². The Labute approximate surface area is 147 Å². The number of piperidine rings is 1. The normalized spacial score (nSPS) is 22.4. The van der Waals surface area contributed by atoms with Gasteiger partial charge in [-0.25, -0.2) is 0 Å². The lowest BCUT2D eigenvalue weighted by atomic mass is 10.0. The van der Waals surface area contributed by atoms with Gasteiger partial charge in [0.25, 0.3) is 0 Å². The molecule has 0 saturated carbocycles. The highest BCUT2D eigenvalue weighted by molar-refractivity contribution is 5.49. The molecule has 1 aromatic carbocycles.